The third kappa shape index (κ3) is 8.18. The fourth-order valence-electron chi connectivity index (χ4n) is 2.78. The van der Waals surface area contributed by atoms with E-state index in [4.69, 9.17) is 9.26 Å². The van der Waals surface area contributed by atoms with Crippen molar-refractivity contribution in [3.63, 3.8) is 0 Å². The van der Waals surface area contributed by atoms with E-state index < -0.39 is 0 Å². The van der Waals surface area contributed by atoms with Crippen LogP contribution in [0.15, 0.2) is 45.9 Å². The van der Waals surface area contributed by atoms with Crippen LogP contribution in [0, 0.1) is 5.92 Å². The molecule has 2 N–H and O–H groups in total. The average molecular weight is 500 g/mol. The summed E-state index contributed by atoms with van der Waals surface area (Å²) in [5, 5.41) is 10.8. The third-order valence-electron chi connectivity index (χ3n) is 4.21. The number of benzene rings is 1. The lowest BCUT2D eigenvalue weighted by Gasteiger charge is -2.21. The molecular weight excluding hydrogens is 467 g/mol. The number of rotatable bonds is 10. The second-order valence-electron chi connectivity index (χ2n) is 6.70. The van der Waals surface area contributed by atoms with Crippen molar-refractivity contribution < 1.29 is 9.26 Å². The molecule has 2 aromatic rings. The van der Waals surface area contributed by atoms with Crippen molar-refractivity contribution in [1.82, 2.24) is 15.8 Å². The topological polar surface area (TPSA) is 71.7 Å². The molecule has 0 aliphatic rings. The highest BCUT2D eigenvalue weighted by molar-refractivity contribution is 14.0. The van der Waals surface area contributed by atoms with Crippen LogP contribution in [0.4, 0.5) is 0 Å². The van der Waals surface area contributed by atoms with Crippen molar-refractivity contribution in [3.05, 3.63) is 42.1 Å². The predicted molar refractivity (Wildman–Crippen MR) is 125 cm³/mol. The summed E-state index contributed by atoms with van der Waals surface area (Å²) in [5.41, 5.74) is 1.82. The molecule has 0 saturated carbocycles. The summed E-state index contributed by atoms with van der Waals surface area (Å²) in [4.78, 5) is 4.61. The number of aromatic nitrogens is 1. The van der Waals surface area contributed by atoms with Gasteiger partial charge in [0.2, 0.25) is 0 Å². The maximum absolute atomic E-state index is 5.80. The maximum atomic E-state index is 5.80. The van der Waals surface area contributed by atoms with Gasteiger partial charge in [0, 0.05) is 31.3 Å². The number of nitrogens with zero attached hydrogens (tertiary/aromatic N) is 2. The Kier molecular flexibility index (Phi) is 11.8. The number of aliphatic imine (C=N–C) groups is 1. The minimum absolute atomic E-state index is 0. The molecule has 28 heavy (non-hydrogen) atoms. The molecule has 0 spiro atoms. The maximum Gasteiger partial charge on any atom is 0.191 e. The van der Waals surface area contributed by atoms with Gasteiger partial charge in [-0.3, -0.25) is 0 Å². The number of nitrogens with one attached hydrogen (secondary N) is 2. The molecule has 0 fully saturated rings. The second kappa shape index (κ2) is 13.5. The van der Waals surface area contributed by atoms with Crippen LogP contribution >= 0.6 is 24.0 Å². The molecule has 1 aromatic carbocycles. The first-order chi connectivity index (χ1) is 13.1. The first kappa shape index (κ1) is 24.4. The lowest BCUT2D eigenvalue weighted by atomic mass is 10.0. The average Bonchev–Trinajstić information content (AvgIpc) is 3.15. The molecule has 1 unspecified atom stereocenters. The van der Waals surface area contributed by atoms with Crippen LogP contribution in [0.5, 0.6) is 0 Å². The van der Waals surface area contributed by atoms with E-state index in [0.717, 1.165) is 49.1 Å². The van der Waals surface area contributed by atoms with Crippen LogP contribution in [0.3, 0.4) is 0 Å². The van der Waals surface area contributed by atoms with Gasteiger partial charge >= 0.3 is 0 Å². The van der Waals surface area contributed by atoms with E-state index in [0.29, 0.717) is 12.5 Å². The van der Waals surface area contributed by atoms with Gasteiger partial charge < -0.3 is 19.9 Å². The summed E-state index contributed by atoms with van der Waals surface area (Å²) >= 11 is 0. The van der Waals surface area contributed by atoms with E-state index in [9.17, 15) is 0 Å². The van der Waals surface area contributed by atoms with Gasteiger partial charge in [0.05, 0.1) is 12.6 Å². The highest BCUT2D eigenvalue weighted by Gasteiger charge is 2.13. The zero-order chi connectivity index (χ0) is 19.5. The van der Waals surface area contributed by atoms with Crippen LogP contribution in [-0.2, 0) is 11.3 Å². The molecule has 1 aromatic heterocycles. The van der Waals surface area contributed by atoms with Crippen molar-refractivity contribution in [2.24, 2.45) is 10.9 Å². The Labute approximate surface area is 185 Å². The lowest BCUT2D eigenvalue weighted by molar-refractivity contribution is 0.0258. The molecular formula is C21H33IN4O2. The smallest absolute Gasteiger partial charge is 0.191 e. The summed E-state index contributed by atoms with van der Waals surface area (Å²) in [6, 6.07) is 11.9. The lowest BCUT2D eigenvalue weighted by Crippen LogP contribution is -2.39. The first-order valence-electron chi connectivity index (χ1n) is 9.78. The fraction of sp³-hybridized carbons (Fsp3) is 0.524. The van der Waals surface area contributed by atoms with Gasteiger partial charge in [-0.25, -0.2) is 4.99 Å². The van der Waals surface area contributed by atoms with Gasteiger partial charge in [-0.1, -0.05) is 49.3 Å². The van der Waals surface area contributed by atoms with Crippen LogP contribution in [0.2, 0.25) is 0 Å². The van der Waals surface area contributed by atoms with Gasteiger partial charge in [-0.15, -0.1) is 24.0 Å². The summed E-state index contributed by atoms with van der Waals surface area (Å²) < 4.78 is 11.2. The Morgan fingerprint density at radius 3 is 2.57 bits per heavy atom. The minimum Gasteiger partial charge on any atom is -0.378 e. The zero-order valence-electron chi connectivity index (χ0n) is 17.3. The van der Waals surface area contributed by atoms with Crippen LogP contribution in [-0.4, -0.2) is 36.9 Å². The Balaban J connectivity index is 0.00000392. The van der Waals surface area contributed by atoms with E-state index in [1.165, 1.54) is 0 Å². The number of ether oxygens (including phenoxy) is 1. The summed E-state index contributed by atoms with van der Waals surface area (Å²) in [6.45, 7) is 11.3. The highest BCUT2D eigenvalue weighted by Crippen LogP contribution is 2.19. The molecule has 0 amide bonds. The third-order valence-corrected chi connectivity index (χ3v) is 4.21. The Morgan fingerprint density at radius 1 is 1.18 bits per heavy atom. The van der Waals surface area contributed by atoms with Gasteiger partial charge in [0.15, 0.2) is 11.7 Å². The molecule has 0 bridgehead atoms. The molecule has 1 atom stereocenters. The standard InChI is InChI=1S/C21H32N4O2.HI/c1-5-22-21(23-13-12-19(16(3)4)26-6-2)24-15-18-14-20(27-25-18)17-10-8-7-9-11-17;/h7-11,14,16,19H,5-6,12-13,15H2,1-4H3,(H2,22,23,24);1H. The number of hydrogen-bond donors (Lipinski definition) is 2. The number of guanidine groups is 1. The molecule has 0 radical (unpaired) electrons. The van der Waals surface area contributed by atoms with Gasteiger partial charge in [-0.2, -0.15) is 0 Å². The Morgan fingerprint density at radius 2 is 1.93 bits per heavy atom. The van der Waals surface area contributed by atoms with Crippen molar-refractivity contribution in [2.45, 2.75) is 46.8 Å². The van der Waals surface area contributed by atoms with Gasteiger partial charge in [0.1, 0.15) is 5.69 Å². The van der Waals surface area contributed by atoms with Crippen molar-refractivity contribution >= 4 is 29.9 Å². The minimum atomic E-state index is 0. The fourth-order valence-corrected chi connectivity index (χ4v) is 2.78. The molecule has 0 aliphatic heterocycles. The summed E-state index contributed by atoms with van der Waals surface area (Å²) in [7, 11) is 0. The Bertz CT molecular complexity index is 689. The zero-order valence-corrected chi connectivity index (χ0v) is 19.6. The van der Waals surface area contributed by atoms with Gasteiger partial charge in [-0.05, 0) is 26.2 Å². The Hall–Kier alpha value is -1.61. The van der Waals surface area contributed by atoms with E-state index >= 15 is 0 Å². The predicted octanol–water partition coefficient (Wildman–Crippen LogP) is 4.47. The number of hydrogen-bond acceptors (Lipinski definition) is 4. The molecule has 0 aliphatic carbocycles. The molecule has 7 heteroatoms. The quantitative estimate of drug-likeness (QED) is 0.286. The molecule has 2 rings (SSSR count). The van der Waals surface area contributed by atoms with E-state index in [-0.39, 0.29) is 30.1 Å². The van der Waals surface area contributed by atoms with E-state index in [1.54, 1.807) is 0 Å². The van der Waals surface area contributed by atoms with Crippen LogP contribution in [0.1, 0.15) is 39.8 Å². The van der Waals surface area contributed by atoms with Crippen LogP contribution < -0.4 is 10.6 Å². The SMILES string of the molecule is CCNC(=NCc1cc(-c2ccccc2)on1)NCCC(OCC)C(C)C.I. The largest absolute Gasteiger partial charge is 0.378 e. The highest BCUT2D eigenvalue weighted by atomic mass is 127. The summed E-state index contributed by atoms with van der Waals surface area (Å²) in [5.74, 6) is 2.04. The molecule has 0 saturated heterocycles. The van der Waals surface area contributed by atoms with E-state index in [1.807, 2.05) is 43.3 Å². The normalized spacial score (nSPS) is 12.5. The number of halogens is 1. The monoisotopic (exact) mass is 500 g/mol. The second-order valence-corrected chi connectivity index (χ2v) is 6.70. The van der Waals surface area contributed by atoms with Gasteiger partial charge in [0.25, 0.3) is 0 Å². The van der Waals surface area contributed by atoms with Crippen LogP contribution in [0.25, 0.3) is 11.3 Å². The summed E-state index contributed by atoms with van der Waals surface area (Å²) in [6.07, 6.45) is 1.20. The molecule has 156 valence electrons. The first-order valence-corrected chi connectivity index (χ1v) is 9.78. The molecule has 6 nitrogen and oxygen atoms in total. The van der Waals surface area contributed by atoms with Crippen molar-refractivity contribution in [1.29, 1.82) is 0 Å². The van der Waals surface area contributed by atoms with Crippen molar-refractivity contribution in [2.75, 3.05) is 19.7 Å². The van der Waals surface area contributed by atoms with Crippen molar-refractivity contribution in [3.8, 4) is 11.3 Å². The molecule has 1 heterocycles. The van der Waals surface area contributed by atoms with E-state index in [2.05, 4.69) is 41.6 Å².